The fourth-order valence-corrected chi connectivity index (χ4v) is 1.90. The summed E-state index contributed by atoms with van der Waals surface area (Å²) in [5, 5.41) is 9.45. The van der Waals surface area contributed by atoms with Crippen molar-refractivity contribution in [1.29, 1.82) is 0 Å². The number of hydrogen-bond acceptors (Lipinski definition) is 2. The highest BCUT2D eigenvalue weighted by atomic mass is 35.5. The second-order valence-corrected chi connectivity index (χ2v) is 4.47. The Morgan fingerprint density at radius 2 is 1.76 bits per heavy atom. The summed E-state index contributed by atoms with van der Waals surface area (Å²) in [7, 11) is 1.53. The predicted octanol–water partition coefficient (Wildman–Crippen LogP) is 2.43. The van der Waals surface area contributed by atoms with Gasteiger partial charge in [0.25, 0.3) is 0 Å². The molecule has 1 aromatic carbocycles. The van der Waals surface area contributed by atoms with E-state index in [4.69, 9.17) is 28.3 Å². The first-order valence-corrected chi connectivity index (χ1v) is 5.55. The monoisotopic (exact) mass is 275 g/mol. The molecular weight excluding hydrogens is 265 g/mol. The molecule has 0 aliphatic rings. The molecule has 17 heavy (non-hydrogen) atoms. The first kappa shape index (κ1) is 13.8. The summed E-state index contributed by atoms with van der Waals surface area (Å²) in [4.78, 5) is 23.1. The van der Waals surface area contributed by atoms with Crippen LogP contribution in [0.1, 0.15) is 12.0 Å². The van der Waals surface area contributed by atoms with Crippen molar-refractivity contribution in [3.63, 3.8) is 0 Å². The van der Waals surface area contributed by atoms with E-state index in [0.29, 0.717) is 10.0 Å². The molecule has 1 amide bonds. The molecule has 0 heterocycles. The van der Waals surface area contributed by atoms with E-state index in [1.165, 1.54) is 11.9 Å². The van der Waals surface area contributed by atoms with Crippen LogP contribution in [-0.2, 0) is 16.1 Å². The van der Waals surface area contributed by atoms with Gasteiger partial charge in [-0.25, -0.2) is 0 Å². The Hall–Kier alpha value is -1.26. The van der Waals surface area contributed by atoms with Gasteiger partial charge in [-0.1, -0.05) is 23.2 Å². The van der Waals surface area contributed by atoms with Crippen LogP contribution in [0.25, 0.3) is 0 Å². The third-order valence-electron chi connectivity index (χ3n) is 2.07. The molecule has 4 nitrogen and oxygen atoms in total. The molecule has 1 N–H and O–H groups in total. The van der Waals surface area contributed by atoms with Crippen molar-refractivity contribution in [3.8, 4) is 0 Å². The van der Waals surface area contributed by atoms with Crippen molar-refractivity contribution in [2.45, 2.75) is 13.0 Å². The van der Waals surface area contributed by atoms with Gasteiger partial charge in [0.2, 0.25) is 5.91 Å². The van der Waals surface area contributed by atoms with Gasteiger partial charge in [-0.2, -0.15) is 0 Å². The maximum atomic E-state index is 11.4. The molecule has 0 aliphatic heterocycles. The van der Waals surface area contributed by atoms with Crippen LogP contribution < -0.4 is 0 Å². The first-order valence-electron chi connectivity index (χ1n) is 4.79. The molecule has 0 saturated carbocycles. The van der Waals surface area contributed by atoms with E-state index in [1.807, 2.05) is 0 Å². The zero-order valence-electron chi connectivity index (χ0n) is 9.11. The summed E-state index contributed by atoms with van der Waals surface area (Å²) in [6.07, 6.45) is -0.523. The van der Waals surface area contributed by atoms with Crippen molar-refractivity contribution in [3.05, 3.63) is 33.8 Å². The van der Waals surface area contributed by atoms with Crippen LogP contribution in [0.5, 0.6) is 0 Å². The van der Waals surface area contributed by atoms with Crippen molar-refractivity contribution in [2.24, 2.45) is 0 Å². The third-order valence-corrected chi connectivity index (χ3v) is 2.51. The lowest BCUT2D eigenvalue weighted by molar-refractivity contribution is -0.143. The lowest BCUT2D eigenvalue weighted by Crippen LogP contribution is -2.28. The van der Waals surface area contributed by atoms with Crippen LogP contribution in [0, 0.1) is 0 Å². The molecule has 0 unspecified atom stereocenters. The van der Waals surface area contributed by atoms with Gasteiger partial charge in [-0.05, 0) is 23.8 Å². The number of halogens is 2. The number of carboxylic acid groups (broad SMARTS) is 1. The van der Waals surface area contributed by atoms with Crippen LogP contribution in [0.3, 0.4) is 0 Å². The van der Waals surface area contributed by atoms with Gasteiger partial charge < -0.3 is 10.0 Å². The number of rotatable bonds is 4. The summed E-state index contributed by atoms with van der Waals surface area (Å²) in [5.74, 6) is -1.61. The van der Waals surface area contributed by atoms with E-state index in [1.54, 1.807) is 18.2 Å². The number of aliphatic carboxylic acids is 1. The maximum absolute atomic E-state index is 11.4. The molecule has 0 aliphatic carbocycles. The van der Waals surface area contributed by atoms with Gasteiger partial charge in [-0.15, -0.1) is 0 Å². The number of carbonyl (C=O) groups excluding carboxylic acids is 1. The Kier molecular flexibility index (Phi) is 4.78. The summed E-state index contributed by atoms with van der Waals surface area (Å²) >= 11 is 11.6. The van der Waals surface area contributed by atoms with Crippen molar-refractivity contribution in [1.82, 2.24) is 4.90 Å². The average Bonchev–Trinajstić information content (AvgIpc) is 2.14. The molecule has 0 aromatic heterocycles. The number of carboxylic acids is 1. The highest BCUT2D eigenvalue weighted by molar-refractivity contribution is 6.34. The molecule has 0 bridgehead atoms. The van der Waals surface area contributed by atoms with Gasteiger partial charge in [-0.3, -0.25) is 9.59 Å². The molecule has 1 rings (SSSR count). The molecular formula is C11H11Cl2NO3. The quantitative estimate of drug-likeness (QED) is 0.859. The molecule has 6 heteroatoms. The fraction of sp³-hybridized carbons (Fsp3) is 0.273. The van der Waals surface area contributed by atoms with Crippen molar-refractivity contribution >= 4 is 35.1 Å². The zero-order valence-corrected chi connectivity index (χ0v) is 10.6. The highest BCUT2D eigenvalue weighted by Crippen LogP contribution is 2.20. The molecule has 0 fully saturated rings. The number of carbonyl (C=O) groups is 2. The topological polar surface area (TPSA) is 57.6 Å². The standard InChI is InChI=1S/C11H11Cl2NO3/c1-14(10(15)5-11(16)17)6-7-2-8(12)4-9(13)3-7/h2-4H,5-6H2,1H3,(H,16,17). The second-order valence-electron chi connectivity index (χ2n) is 3.60. The number of hydrogen-bond donors (Lipinski definition) is 1. The summed E-state index contributed by atoms with van der Waals surface area (Å²) in [6, 6.07) is 4.95. The molecule has 0 radical (unpaired) electrons. The Morgan fingerprint density at radius 1 is 1.24 bits per heavy atom. The van der Waals surface area contributed by atoms with E-state index < -0.39 is 18.3 Å². The SMILES string of the molecule is CN(Cc1cc(Cl)cc(Cl)c1)C(=O)CC(=O)O. The van der Waals surface area contributed by atoms with Crippen molar-refractivity contribution in [2.75, 3.05) is 7.05 Å². The van der Waals surface area contributed by atoms with E-state index >= 15 is 0 Å². The molecule has 1 aromatic rings. The minimum atomic E-state index is -1.15. The van der Waals surface area contributed by atoms with Crippen LogP contribution in [0.15, 0.2) is 18.2 Å². The van der Waals surface area contributed by atoms with Crippen molar-refractivity contribution < 1.29 is 14.7 Å². The van der Waals surface area contributed by atoms with Crippen LogP contribution in [0.4, 0.5) is 0 Å². The highest BCUT2D eigenvalue weighted by Gasteiger charge is 2.13. The maximum Gasteiger partial charge on any atom is 0.312 e. The predicted molar refractivity (Wildman–Crippen MR) is 65.2 cm³/mol. The molecule has 0 saturated heterocycles. The van der Waals surface area contributed by atoms with Gasteiger partial charge in [0.05, 0.1) is 0 Å². The zero-order chi connectivity index (χ0) is 13.0. The Morgan fingerprint density at radius 3 is 2.24 bits per heavy atom. The molecule has 92 valence electrons. The van der Waals surface area contributed by atoms with E-state index in [9.17, 15) is 9.59 Å². The van der Waals surface area contributed by atoms with E-state index in [-0.39, 0.29) is 6.54 Å². The Balaban J connectivity index is 2.70. The normalized spacial score (nSPS) is 10.1. The summed E-state index contributed by atoms with van der Waals surface area (Å²) < 4.78 is 0. The first-order chi connectivity index (χ1) is 7.88. The molecule has 0 atom stereocenters. The van der Waals surface area contributed by atoms with Gasteiger partial charge in [0.15, 0.2) is 0 Å². The minimum Gasteiger partial charge on any atom is -0.481 e. The third kappa shape index (κ3) is 4.63. The van der Waals surface area contributed by atoms with Crippen LogP contribution >= 0.6 is 23.2 Å². The van der Waals surface area contributed by atoms with Crippen LogP contribution in [-0.4, -0.2) is 28.9 Å². The summed E-state index contributed by atoms with van der Waals surface area (Å²) in [6.45, 7) is 0.270. The number of nitrogens with zero attached hydrogens (tertiary/aromatic N) is 1. The van der Waals surface area contributed by atoms with Gasteiger partial charge >= 0.3 is 5.97 Å². The summed E-state index contributed by atoms with van der Waals surface area (Å²) in [5.41, 5.74) is 0.753. The Labute approximate surface area is 109 Å². The largest absolute Gasteiger partial charge is 0.481 e. The Bertz CT molecular complexity index is 428. The minimum absolute atomic E-state index is 0.270. The second kappa shape index (κ2) is 5.89. The fourth-order valence-electron chi connectivity index (χ4n) is 1.33. The van der Waals surface area contributed by atoms with Gasteiger partial charge in [0, 0.05) is 23.6 Å². The van der Waals surface area contributed by atoms with E-state index in [2.05, 4.69) is 0 Å². The lowest BCUT2D eigenvalue weighted by atomic mass is 10.2. The number of benzene rings is 1. The van der Waals surface area contributed by atoms with E-state index in [0.717, 1.165) is 5.56 Å². The van der Waals surface area contributed by atoms with Gasteiger partial charge in [0.1, 0.15) is 6.42 Å². The van der Waals surface area contributed by atoms with Crippen LogP contribution in [0.2, 0.25) is 10.0 Å². The lowest BCUT2D eigenvalue weighted by Gasteiger charge is -2.16. The smallest absolute Gasteiger partial charge is 0.312 e. The average molecular weight is 276 g/mol. The molecule has 0 spiro atoms. The number of amides is 1.